The second kappa shape index (κ2) is 8.62. The predicted molar refractivity (Wildman–Crippen MR) is 99.5 cm³/mol. The van der Waals surface area contributed by atoms with E-state index in [1.165, 1.54) is 12.8 Å². The summed E-state index contributed by atoms with van der Waals surface area (Å²) >= 11 is 0. The van der Waals surface area contributed by atoms with E-state index in [0.717, 1.165) is 30.5 Å². The fourth-order valence-corrected chi connectivity index (χ4v) is 3.17. The van der Waals surface area contributed by atoms with Gasteiger partial charge in [-0.05, 0) is 40.8 Å². The zero-order chi connectivity index (χ0) is 18.4. The standard InChI is InChI=1S/C17H33N7O/c1-13-21-22-15(24(13)5)10-18-16(20-14-8-6-7-9-14)19-11-17(2,25)12-23(3)4/h14,25H,6-12H2,1-5H3,(H2,18,19,20). The highest BCUT2D eigenvalue weighted by Gasteiger charge is 2.23. The highest BCUT2D eigenvalue weighted by molar-refractivity contribution is 5.80. The minimum absolute atomic E-state index is 0.432. The first kappa shape index (κ1) is 19.7. The Hall–Kier alpha value is -1.67. The number of nitrogens with one attached hydrogen (secondary N) is 2. The number of hydrogen-bond donors (Lipinski definition) is 3. The third-order valence-corrected chi connectivity index (χ3v) is 4.55. The molecule has 8 heteroatoms. The summed E-state index contributed by atoms with van der Waals surface area (Å²) in [7, 11) is 5.85. The third kappa shape index (κ3) is 6.28. The summed E-state index contributed by atoms with van der Waals surface area (Å²) in [5.41, 5.74) is -0.830. The molecule has 8 nitrogen and oxygen atoms in total. The second-order valence-corrected chi connectivity index (χ2v) is 7.60. The molecule has 1 unspecified atom stereocenters. The first-order chi connectivity index (χ1) is 11.8. The van der Waals surface area contributed by atoms with Crippen molar-refractivity contribution in [1.82, 2.24) is 30.3 Å². The molecule has 0 aliphatic heterocycles. The Labute approximate surface area is 150 Å². The number of rotatable bonds is 7. The van der Waals surface area contributed by atoms with Crippen molar-refractivity contribution in [2.75, 3.05) is 27.2 Å². The van der Waals surface area contributed by atoms with Gasteiger partial charge in [0, 0.05) is 26.2 Å². The smallest absolute Gasteiger partial charge is 0.192 e. The number of aliphatic imine (C=N–C) groups is 1. The summed E-state index contributed by atoms with van der Waals surface area (Å²) in [6.45, 7) is 5.23. The van der Waals surface area contributed by atoms with Gasteiger partial charge >= 0.3 is 0 Å². The van der Waals surface area contributed by atoms with Crippen LogP contribution >= 0.6 is 0 Å². The SMILES string of the molecule is Cc1nnc(CN=C(NCC(C)(O)CN(C)C)NC2CCCC2)n1C. The van der Waals surface area contributed by atoms with Crippen molar-refractivity contribution < 1.29 is 5.11 Å². The molecule has 142 valence electrons. The van der Waals surface area contributed by atoms with E-state index in [4.69, 9.17) is 0 Å². The minimum atomic E-state index is -0.830. The predicted octanol–water partition coefficient (Wildman–Crippen LogP) is 0.414. The monoisotopic (exact) mass is 351 g/mol. The van der Waals surface area contributed by atoms with Gasteiger partial charge in [-0.1, -0.05) is 12.8 Å². The van der Waals surface area contributed by atoms with E-state index in [0.29, 0.717) is 25.7 Å². The Kier molecular flexibility index (Phi) is 6.78. The van der Waals surface area contributed by atoms with Gasteiger partial charge in [0.2, 0.25) is 0 Å². The largest absolute Gasteiger partial charge is 0.387 e. The topological polar surface area (TPSA) is 90.6 Å². The van der Waals surface area contributed by atoms with Crippen LogP contribution in [0.3, 0.4) is 0 Å². The molecule has 1 aliphatic rings. The molecule has 0 spiro atoms. The van der Waals surface area contributed by atoms with Crippen LogP contribution in [0.2, 0.25) is 0 Å². The molecule has 0 radical (unpaired) electrons. The highest BCUT2D eigenvalue weighted by atomic mass is 16.3. The molecule has 1 atom stereocenters. The number of aliphatic hydroxyl groups is 1. The van der Waals surface area contributed by atoms with E-state index in [2.05, 4.69) is 25.8 Å². The van der Waals surface area contributed by atoms with E-state index in [1.807, 2.05) is 44.5 Å². The third-order valence-electron chi connectivity index (χ3n) is 4.55. The lowest BCUT2D eigenvalue weighted by Gasteiger charge is -2.28. The van der Waals surface area contributed by atoms with Crippen molar-refractivity contribution in [3.8, 4) is 0 Å². The van der Waals surface area contributed by atoms with Gasteiger partial charge in [0.25, 0.3) is 0 Å². The first-order valence-electron chi connectivity index (χ1n) is 9.04. The van der Waals surface area contributed by atoms with Crippen molar-refractivity contribution >= 4 is 5.96 Å². The summed E-state index contributed by atoms with van der Waals surface area (Å²) in [5.74, 6) is 2.43. The van der Waals surface area contributed by atoms with Crippen molar-refractivity contribution in [2.24, 2.45) is 12.0 Å². The van der Waals surface area contributed by atoms with Gasteiger partial charge < -0.3 is 25.2 Å². The van der Waals surface area contributed by atoms with Gasteiger partial charge in [0.15, 0.2) is 11.8 Å². The van der Waals surface area contributed by atoms with E-state index >= 15 is 0 Å². The lowest BCUT2D eigenvalue weighted by atomic mass is 10.1. The van der Waals surface area contributed by atoms with Gasteiger partial charge in [0.05, 0.1) is 5.60 Å². The maximum atomic E-state index is 10.5. The van der Waals surface area contributed by atoms with E-state index in [1.54, 1.807) is 0 Å². The molecule has 0 aromatic carbocycles. The molecule has 1 aromatic rings. The normalized spacial score (nSPS) is 18.6. The fraction of sp³-hybridized carbons (Fsp3) is 0.824. The van der Waals surface area contributed by atoms with Crippen molar-refractivity contribution in [2.45, 2.75) is 57.7 Å². The number of hydrogen-bond acceptors (Lipinski definition) is 5. The Bertz CT molecular complexity index is 574. The maximum Gasteiger partial charge on any atom is 0.192 e. The summed E-state index contributed by atoms with van der Waals surface area (Å²) in [4.78, 5) is 6.64. The summed E-state index contributed by atoms with van der Waals surface area (Å²) in [6, 6.07) is 0.450. The van der Waals surface area contributed by atoms with Gasteiger partial charge in [-0.2, -0.15) is 0 Å². The van der Waals surface area contributed by atoms with E-state index in [-0.39, 0.29) is 0 Å². The van der Waals surface area contributed by atoms with Crippen LogP contribution in [0.5, 0.6) is 0 Å². The molecular formula is C17H33N7O. The molecule has 1 aliphatic carbocycles. The van der Waals surface area contributed by atoms with Crippen LogP contribution in [-0.4, -0.2) is 69.6 Å². The molecule has 1 saturated carbocycles. The van der Waals surface area contributed by atoms with Crippen LogP contribution in [0.4, 0.5) is 0 Å². The molecule has 1 heterocycles. The Morgan fingerprint density at radius 1 is 1.36 bits per heavy atom. The van der Waals surface area contributed by atoms with Gasteiger partial charge in [-0.25, -0.2) is 4.99 Å². The van der Waals surface area contributed by atoms with Gasteiger partial charge in [-0.15, -0.1) is 10.2 Å². The van der Waals surface area contributed by atoms with Crippen LogP contribution in [0.15, 0.2) is 4.99 Å². The highest BCUT2D eigenvalue weighted by Crippen LogP contribution is 2.17. The van der Waals surface area contributed by atoms with E-state index in [9.17, 15) is 5.11 Å². The van der Waals surface area contributed by atoms with Gasteiger partial charge in [-0.3, -0.25) is 0 Å². The molecule has 0 amide bonds. The number of nitrogens with zero attached hydrogens (tertiary/aromatic N) is 5. The van der Waals surface area contributed by atoms with Crippen LogP contribution in [-0.2, 0) is 13.6 Å². The fourth-order valence-electron chi connectivity index (χ4n) is 3.17. The summed E-state index contributed by atoms with van der Waals surface area (Å²) in [6.07, 6.45) is 4.84. The average molecular weight is 351 g/mol. The second-order valence-electron chi connectivity index (χ2n) is 7.60. The molecule has 3 N–H and O–H groups in total. The Morgan fingerprint density at radius 3 is 2.60 bits per heavy atom. The van der Waals surface area contributed by atoms with Crippen LogP contribution < -0.4 is 10.6 Å². The number of aryl methyl sites for hydroxylation is 1. The lowest BCUT2D eigenvalue weighted by molar-refractivity contribution is 0.0376. The maximum absolute atomic E-state index is 10.5. The lowest BCUT2D eigenvalue weighted by Crippen LogP contribution is -2.51. The summed E-state index contributed by atoms with van der Waals surface area (Å²) < 4.78 is 1.94. The first-order valence-corrected chi connectivity index (χ1v) is 9.04. The Balaban J connectivity index is 2.01. The minimum Gasteiger partial charge on any atom is -0.387 e. The van der Waals surface area contributed by atoms with Crippen LogP contribution in [0, 0.1) is 6.92 Å². The molecule has 25 heavy (non-hydrogen) atoms. The molecule has 0 saturated heterocycles. The number of guanidine groups is 1. The number of likely N-dealkylation sites (N-methyl/N-ethyl adjacent to an activating group) is 1. The summed E-state index contributed by atoms with van der Waals surface area (Å²) in [5, 5.41) is 25.5. The van der Waals surface area contributed by atoms with Crippen molar-refractivity contribution in [3.63, 3.8) is 0 Å². The van der Waals surface area contributed by atoms with Crippen LogP contribution in [0.25, 0.3) is 0 Å². The molecule has 1 aromatic heterocycles. The van der Waals surface area contributed by atoms with E-state index < -0.39 is 5.60 Å². The van der Waals surface area contributed by atoms with Crippen LogP contribution in [0.1, 0.15) is 44.3 Å². The van der Waals surface area contributed by atoms with Crippen molar-refractivity contribution in [1.29, 1.82) is 0 Å². The molecule has 2 rings (SSSR count). The molecular weight excluding hydrogens is 318 g/mol. The average Bonchev–Trinajstić information content (AvgIpc) is 3.13. The molecule has 0 bridgehead atoms. The molecule has 1 fully saturated rings. The Morgan fingerprint density at radius 2 is 2.04 bits per heavy atom. The quantitative estimate of drug-likeness (QED) is 0.487. The number of aromatic nitrogens is 3. The van der Waals surface area contributed by atoms with Crippen molar-refractivity contribution in [3.05, 3.63) is 11.6 Å². The van der Waals surface area contributed by atoms with Gasteiger partial charge in [0.1, 0.15) is 12.4 Å². The zero-order valence-corrected chi connectivity index (χ0v) is 16.2. The zero-order valence-electron chi connectivity index (χ0n) is 16.2.